The molecule has 0 radical (unpaired) electrons. The van der Waals surface area contributed by atoms with Crippen LogP contribution in [0.5, 0.6) is 0 Å². The number of hydrogen-bond acceptors (Lipinski definition) is 4. The molecule has 1 aliphatic rings. The van der Waals surface area contributed by atoms with Crippen LogP contribution in [0.4, 0.5) is 4.39 Å². The molecule has 1 fully saturated rings. The highest BCUT2D eigenvalue weighted by atomic mass is 35.5. The molecule has 1 N–H and O–H groups in total. The van der Waals surface area contributed by atoms with Crippen LogP contribution in [-0.2, 0) is 26.3 Å². The van der Waals surface area contributed by atoms with Gasteiger partial charge in [-0.25, -0.2) is 17.1 Å². The molecule has 0 bridgehead atoms. The summed E-state index contributed by atoms with van der Waals surface area (Å²) < 4.78 is 40.7. The second kappa shape index (κ2) is 12.1. The van der Waals surface area contributed by atoms with E-state index in [9.17, 15) is 17.6 Å². The van der Waals surface area contributed by atoms with Crippen LogP contribution in [0, 0.1) is 11.7 Å². The Hall–Kier alpha value is -1.03. The van der Waals surface area contributed by atoms with Gasteiger partial charge in [0, 0.05) is 57.7 Å². The summed E-state index contributed by atoms with van der Waals surface area (Å²) in [6.45, 7) is 0.950. The average molecular weight is 554 g/mol. The third-order valence-electron chi connectivity index (χ3n) is 5.42. The molecule has 11 heteroatoms. The minimum atomic E-state index is -3.73. The van der Waals surface area contributed by atoms with Gasteiger partial charge >= 0.3 is 0 Å². The summed E-state index contributed by atoms with van der Waals surface area (Å²) in [6, 6.07) is 9.48. The minimum Gasteiger partial charge on any atom is -0.355 e. The van der Waals surface area contributed by atoms with Crippen LogP contribution in [0.15, 0.2) is 36.4 Å². The summed E-state index contributed by atoms with van der Waals surface area (Å²) in [7, 11) is -3.73. The van der Waals surface area contributed by atoms with Gasteiger partial charge in [0.05, 0.1) is 5.75 Å². The van der Waals surface area contributed by atoms with E-state index >= 15 is 0 Å². The van der Waals surface area contributed by atoms with Crippen molar-refractivity contribution in [2.45, 2.75) is 24.3 Å². The summed E-state index contributed by atoms with van der Waals surface area (Å²) >= 11 is 19.7. The topological polar surface area (TPSA) is 66.5 Å². The van der Waals surface area contributed by atoms with E-state index in [1.807, 2.05) is 6.07 Å². The Morgan fingerprint density at radius 1 is 1.12 bits per heavy atom. The number of halogens is 4. The molecule has 0 saturated carbocycles. The number of nitrogens with zero attached hydrogens (tertiary/aromatic N) is 1. The second-order valence-corrected chi connectivity index (χ2v) is 12.0. The van der Waals surface area contributed by atoms with Crippen LogP contribution in [0.1, 0.15) is 24.0 Å². The van der Waals surface area contributed by atoms with Crippen molar-refractivity contribution in [3.63, 3.8) is 0 Å². The summed E-state index contributed by atoms with van der Waals surface area (Å²) in [5, 5.41) is 4.23. The van der Waals surface area contributed by atoms with Crippen LogP contribution in [0.2, 0.25) is 15.1 Å². The number of rotatable bonds is 9. The number of sulfonamides is 1. The fourth-order valence-electron chi connectivity index (χ4n) is 3.55. The first kappa shape index (κ1) is 26.6. The number of nitrogens with one attached hydrogen (secondary N) is 1. The Morgan fingerprint density at radius 2 is 1.85 bits per heavy atom. The third kappa shape index (κ3) is 7.47. The van der Waals surface area contributed by atoms with E-state index in [0.717, 1.165) is 11.3 Å². The van der Waals surface area contributed by atoms with E-state index in [-0.39, 0.29) is 35.5 Å². The van der Waals surface area contributed by atoms with Crippen molar-refractivity contribution in [2.75, 3.05) is 25.4 Å². The molecular weight excluding hydrogens is 530 g/mol. The first-order valence-electron chi connectivity index (χ1n) is 10.4. The zero-order chi connectivity index (χ0) is 24.0. The van der Waals surface area contributed by atoms with Gasteiger partial charge in [-0.05, 0) is 42.7 Å². The van der Waals surface area contributed by atoms with Gasteiger partial charge in [0.15, 0.2) is 0 Å². The second-order valence-electron chi connectivity index (χ2n) is 7.71. The normalized spacial score (nSPS) is 15.5. The number of piperidine rings is 1. The van der Waals surface area contributed by atoms with Gasteiger partial charge in [0.2, 0.25) is 15.9 Å². The molecule has 1 heterocycles. The highest BCUT2D eigenvalue weighted by molar-refractivity contribution is 7.98. The monoisotopic (exact) mass is 552 g/mol. The van der Waals surface area contributed by atoms with E-state index in [0.29, 0.717) is 35.2 Å². The maximum Gasteiger partial charge on any atom is 0.223 e. The van der Waals surface area contributed by atoms with Crippen molar-refractivity contribution in [2.24, 2.45) is 5.92 Å². The Labute approximate surface area is 213 Å². The predicted octanol–water partition coefficient (Wildman–Crippen LogP) is 5.38. The third-order valence-corrected chi connectivity index (χ3v) is 9.18. The number of thioether (sulfide) groups is 1. The maximum atomic E-state index is 14.0. The van der Waals surface area contributed by atoms with Gasteiger partial charge in [-0.15, -0.1) is 0 Å². The summed E-state index contributed by atoms with van der Waals surface area (Å²) in [5.74, 6) is -0.0188. The first-order chi connectivity index (χ1) is 15.7. The molecule has 0 aromatic heterocycles. The molecule has 0 atom stereocenters. The highest BCUT2D eigenvalue weighted by Crippen LogP contribution is 2.27. The highest BCUT2D eigenvalue weighted by Gasteiger charge is 2.32. The lowest BCUT2D eigenvalue weighted by Gasteiger charge is -2.30. The van der Waals surface area contributed by atoms with Crippen molar-refractivity contribution < 1.29 is 17.6 Å². The lowest BCUT2D eigenvalue weighted by molar-refractivity contribution is -0.125. The van der Waals surface area contributed by atoms with Crippen molar-refractivity contribution in [1.29, 1.82) is 0 Å². The minimum absolute atomic E-state index is 0.0311. The van der Waals surface area contributed by atoms with Gasteiger partial charge in [0.25, 0.3) is 0 Å². The standard InChI is InChI=1S/C22H24Cl3FN2O3S2/c23-17-5-4-16(20(25)12-17)13-32-11-8-27-22(29)15-6-9-28(10-7-15)33(30,31)14-18-19(24)2-1-3-21(18)26/h1-5,12,15H,6-11,13-14H2,(H,27,29). The number of benzene rings is 2. The van der Waals surface area contributed by atoms with E-state index in [4.69, 9.17) is 34.8 Å². The Bertz CT molecular complexity index is 1070. The fourth-order valence-corrected chi connectivity index (χ4v) is 6.89. The first-order valence-corrected chi connectivity index (χ1v) is 14.3. The molecule has 2 aromatic rings. The molecule has 33 heavy (non-hydrogen) atoms. The van der Waals surface area contributed by atoms with Crippen molar-refractivity contribution in [1.82, 2.24) is 9.62 Å². The largest absolute Gasteiger partial charge is 0.355 e. The molecule has 180 valence electrons. The summed E-state index contributed by atoms with van der Waals surface area (Å²) in [4.78, 5) is 12.5. The lowest BCUT2D eigenvalue weighted by atomic mass is 9.97. The Kier molecular flexibility index (Phi) is 9.73. The van der Waals surface area contributed by atoms with Crippen LogP contribution in [-0.4, -0.2) is 44.0 Å². The molecule has 0 unspecified atom stereocenters. The Balaban J connectivity index is 1.40. The maximum absolute atomic E-state index is 14.0. The quantitative estimate of drug-likeness (QED) is 0.424. The van der Waals surface area contributed by atoms with E-state index < -0.39 is 21.6 Å². The van der Waals surface area contributed by atoms with Gasteiger partial charge in [-0.2, -0.15) is 11.8 Å². The van der Waals surface area contributed by atoms with Crippen molar-refractivity contribution in [3.05, 3.63) is 68.4 Å². The average Bonchev–Trinajstić information content (AvgIpc) is 2.77. The van der Waals surface area contributed by atoms with Crippen LogP contribution >= 0.6 is 46.6 Å². The number of carbonyl (C=O) groups excluding carboxylic acids is 1. The molecule has 2 aromatic carbocycles. The molecule has 1 amide bonds. The van der Waals surface area contributed by atoms with Gasteiger partial charge in [-0.3, -0.25) is 4.79 Å². The predicted molar refractivity (Wildman–Crippen MR) is 134 cm³/mol. The number of carbonyl (C=O) groups is 1. The van der Waals surface area contributed by atoms with Gasteiger partial charge < -0.3 is 5.32 Å². The zero-order valence-electron chi connectivity index (χ0n) is 17.7. The summed E-state index contributed by atoms with van der Waals surface area (Å²) in [6.07, 6.45) is 0.840. The SMILES string of the molecule is O=C(NCCSCc1ccc(Cl)cc1Cl)C1CCN(S(=O)(=O)Cc2c(F)cccc2Cl)CC1. The van der Waals surface area contributed by atoms with E-state index in [1.54, 1.807) is 23.9 Å². The summed E-state index contributed by atoms with van der Waals surface area (Å²) in [5.41, 5.74) is 0.957. The zero-order valence-corrected chi connectivity index (χ0v) is 21.6. The van der Waals surface area contributed by atoms with E-state index in [1.165, 1.54) is 22.5 Å². The Morgan fingerprint density at radius 3 is 2.52 bits per heavy atom. The molecule has 3 rings (SSSR count). The molecule has 5 nitrogen and oxygen atoms in total. The molecule has 1 aliphatic heterocycles. The molecule has 1 saturated heterocycles. The molecular formula is C22H24Cl3FN2O3S2. The van der Waals surface area contributed by atoms with Crippen molar-refractivity contribution in [3.8, 4) is 0 Å². The van der Waals surface area contributed by atoms with E-state index in [2.05, 4.69) is 5.32 Å². The molecule has 0 spiro atoms. The fraction of sp³-hybridized carbons (Fsp3) is 0.409. The van der Waals surface area contributed by atoms with Crippen LogP contribution in [0.3, 0.4) is 0 Å². The number of amides is 1. The smallest absolute Gasteiger partial charge is 0.223 e. The van der Waals surface area contributed by atoms with Gasteiger partial charge in [0.1, 0.15) is 5.82 Å². The van der Waals surface area contributed by atoms with Crippen LogP contribution < -0.4 is 5.32 Å². The van der Waals surface area contributed by atoms with Crippen molar-refractivity contribution >= 4 is 62.5 Å². The van der Waals surface area contributed by atoms with Crippen LogP contribution in [0.25, 0.3) is 0 Å². The van der Waals surface area contributed by atoms with Gasteiger partial charge in [-0.1, -0.05) is 46.9 Å². The molecule has 0 aliphatic carbocycles. The number of hydrogen-bond donors (Lipinski definition) is 1. The lowest BCUT2D eigenvalue weighted by Crippen LogP contribution is -2.43.